The number of aliphatic imine (C=N–C) groups is 1. The molecule has 0 aliphatic carbocycles. The first-order valence-corrected chi connectivity index (χ1v) is 5.91. The van der Waals surface area contributed by atoms with E-state index in [9.17, 15) is 0 Å². The lowest BCUT2D eigenvalue weighted by atomic mass is 10.1. The van der Waals surface area contributed by atoms with Gasteiger partial charge in [-0.2, -0.15) is 0 Å². The van der Waals surface area contributed by atoms with E-state index in [2.05, 4.69) is 27.8 Å². The maximum atomic E-state index is 5.05. The number of hydrogen-bond acceptors (Lipinski definition) is 2. The predicted molar refractivity (Wildman–Crippen MR) is 66.1 cm³/mol. The Morgan fingerprint density at radius 1 is 1.43 bits per heavy atom. The van der Waals surface area contributed by atoms with Crippen molar-refractivity contribution in [1.82, 2.24) is 0 Å². The van der Waals surface area contributed by atoms with Crippen molar-refractivity contribution in [1.29, 1.82) is 0 Å². The molecular formula is C11H20BrNO. The minimum Gasteiger partial charge on any atom is -0.384 e. The lowest BCUT2D eigenvalue weighted by Gasteiger charge is -2.04. The van der Waals surface area contributed by atoms with Gasteiger partial charge in [0.15, 0.2) is 0 Å². The molecule has 0 unspecified atom stereocenters. The number of ether oxygens (including phenoxy) is 1. The second kappa shape index (κ2) is 9.41. The number of halogens is 1. The van der Waals surface area contributed by atoms with Crippen molar-refractivity contribution in [3.63, 3.8) is 0 Å². The van der Waals surface area contributed by atoms with Crippen LogP contribution in [0.15, 0.2) is 15.7 Å². The highest BCUT2D eigenvalue weighted by Gasteiger charge is 1.99. The predicted octanol–water partition coefficient (Wildman–Crippen LogP) is 3.91. The molecule has 0 aliphatic rings. The number of methoxy groups -OCH3 is 1. The van der Waals surface area contributed by atoms with Crippen LogP contribution in [0.25, 0.3) is 0 Å². The summed E-state index contributed by atoms with van der Waals surface area (Å²) in [5.41, 5.74) is 1.22. The Hall–Kier alpha value is -0.150. The molecular weight excluding hydrogens is 242 g/mol. The van der Waals surface area contributed by atoms with Gasteiger partial charge in [-0.25, -0.2) is 0 Å². The van der Waals surface area contributed by atoms with Gasteiger partial charge in [0.05, 0.1) is 6.61 Å². The third-order valence-electron chi connectivity index (χ3n) is 1.92. The molecule has 2 nitrogen and oxygen atoms in total. The van der Waals surface area contributed by atoms with Crippen LogP contribution in [0.1, 0.15) is 39.5 Å². The molecule has 0 N–H and O–H groups in total. The highest BCUT2D eigenvalue weighted by atomic mass is 79.9. The van der Waals surface area contributed by atoms with Gasteiger partial charge in [0.25, 0.3) is 0 Å². The highest BCUT2D eigenvalue weighted by molar-refractivity contribution is 9.11. The quantitative estimate of drug-likeness (QED) is 0.503. The molecule has 0 aromatic rings. The first kappa shape index (κ1) is 13.8. The third kappa shape index (κ3) is 7.27. The van der Waals surface area contributed by atoms with E-state index in [4.69, 9.17) is 4.74 Å². The van der Waals surface area contributed by atoms with Crippen molar-refractivity contribution in [3.8, 4) is 0 Å². The Morgan fingerprint density at radius 3 is 2.64 bits per heavy atom. The van der Waals surface area contributed by atoms with Crippen LogP contribution in [0.2, 0.25) is 0 Å². The molecule has 82 valence electrons. The summed E-state index contributed by atoms with van der Waals surface area (Å²) in [4.78, 5) is 4.48. The Morgan fingerprint density at radius 2 is 2.14 bits per heavy atom. The van der Waals surface area contributed by atoms with Gasteiger partial charge in [-0.1, -0.05) is 19.4 Å². The largest absolute Gasteiger partial charge is 0.384 e. The smallest absolute Gasteiger partial charge is 0.101 e. The van der Waals surface area contributed by atoms with Crippen molar-refractivity contribution in [2.75, 3.05) is 13.7 Å². The fourth-order valence-electron chi connectivity index (χ4n) is 1.05. The van der Waals surface area contributed by atoms with Crippen LogP contribution in [0.3, 0.4) is 0 Å². The van der Waals surface area contributed by atoms with Gasteiger partial charge in [-0.3, -0.25) is 4.99 Å². The number of rotatable bonds is 7. The maximum absolute atomic E-state index is 5.05. The first-order valence-electron chi connectivity index (χ1n) is 5.11. The maximum Gasteiger partial charge on any atom is 0.101 e. The van der Waals surface area contributed by atoms with E-state index in [0.717, 1.165) is 24.1 Å². The fraction of sp³-hybridized carbons (Fsp3) is 0.727. The average molecular weight is 262 g/mol. The molecule has 0 fully saturated rings. The number of nitrogens with zero attached hydrogens (tertiary/aromatic N) is 1. The summed E-state index contributed by atoms with van der Waals surface area (Å²) < 4.78 is 5.97. The van der Waals surface area contributed by atoms with Gasteiger partial charge < -0.3 is 4.74 Å². The molecule has 0 saturated carbocycles. The molecule has 0 aromatic carbocycles. The van der Waals surface area contributed by atoms with E-state index < -0.39 is 0 Å². The van der Waals surface area contributed by atoms with Crippen molar-refractivity contribution < 1.29 is 4.74 Å². The minimum atomic E-state index is 0.756. The second-order valence-electron chi connectivity index (χ2n) is 3.14. The zero-order valence-electron chi connectivity index (χ0n) is 9.35. The van der Waals surface area contributed by atoms with Crippen LogP contribution in [0, 0.1) is 0 Å². The van der Waals surface area contributed by atoms with E-state index in [1.807, 2.05) is 13.0 Å². The van der Waals surface area contributed by atoms with Crippen LogP contribution in [-0.4, -0.2) is 19.4 Å². The monoisotopic (exact) mass is 261 g/mol. The standard InChI is InChI=1S/C11H20BrNO/c1-4-6-7-10(8-9-14-3)13-11(12)5-2/h5H,4,6-9H2,1-3H3/b11-5-,13-10+. The summed E-state index contributed by atoms with van der Waals surface area (Å²) in [5.74, 6) is 0. The normalized spacial score (nSPS) is 13.4. The summed E-state index contributed by atoms with van der Waals surface area (Å²) >= 11 is 3.39. The number of unbranched alkanes of at least 4 members (excludes halogenated alkanes) is 1. The van der Waals surface area contributed by atoms with E-state index in [1.54, 1.807) is 7.11 Å². The molecule has 0 rings (SSSR count). The zero-order chi connectivity index (χ0) is 10.8. The van der Waals surface area contributed by atoms with Gasteiger partial charge >= 0.3 is 0 Å². The van der Waals surface area contributed by atoms with Gasteiger partial charge in [0, 0.05) is 19.2 Å². The Kier molecular flexibility index (Phi) is 9.31. The highest BCUT2D eigenvalue weighted by Crippen LogP contribution is 2.10. The average Bonchev–Trinajstić information content (AvgIpc) is 2.21. The number of hydrogen-bond donors (Lipinski definition) is 0. The fourth-order valence-corrected chi connectivity index (χ4v) is 1.30. The van der Waals surface area contributed by atoms with Crippen molar-refractivity contribution in [2.24, 2.45) is 4.99 Å². The molecule has 0 heterocycles. The van der Waals surface area contributed by atoms with E-state index in [-0.39, 0.29) is 0 Å². The van der Waals surface area contributed by atoms with Crippen LogP contribution >= 0.6 is 15.9 Å². The first-order chi connectivity index (χ1) is 6.74. The topological polar surface area (TPSA) is 21.6 Å². The van der Waals surface area contributed by atoms with Gasteiger partial charge in [0.1, 0.15) is 4.61 Å². The summed E-state index contributed by atoms with van der Waals surface area (Å²) in [6, 6.07) is 0. The summed E-state index contributed by atoms with van der Waals surface area (Å²) in [6.07, 6.45) is 6.37. The Labute approximate surface area is 95.6 Å². The lowest BCUT2D eigenvalue weighted by Crippen LogP contribution is -2.03. The van der Waals surface area contributed by atoms with E-state index in [0.29, 0.717) is 0 Å². The molecule has 3 heteroatoms. The SMILES string of the molecule is C/C=C(Br)\N=C(/CCCC)CCOC. The summed E-state index contributed by atoms with van der Waals surface area (Å²) in [6.45, 7) is 4.92. The molecule has 0 spiro atoms. The Balaban J connectivity index is 4.15. The van der Waals surface area contributed by atoms with Crippen molar-refractivity contribution >= 4 is 21.6 Å². The van der Waals surface area contributed by atoms with Crippen molar-refractivity contribution in [2.45, 2.75) is 39.5 Å². The van der Waals surface area contributed by atoms with Crippen LogP contribution in [0.5, 0.6) is 0 Å². The second-order valence-corrected chi connectivity index (χ2v) is 3.95. The molecule has 0 radical (unpaired) electrons. The lowest BCUT2D eigenvalue weighted by molar-refractivity contribution is 0.207. The molecule has 14 heavy (non-hydrogen) atoms. The van der Waals surface area contributed by atoms with E-state index >= 15 is 0 Å². The molecule has 0 bridgehead atoms. The van der Waals surface area contributed by atoms with Gasteiger partial charge in [0.2, 0.25) is 0 Å². The summed E-state index contributed by atoms with van der Waals surface area (Å²) in [5, 5.41) is 0. The molecule has 0 saturated heterocycles. The third-order valence-corrected chi connectivity index (χ3v) is 2.55. The minimum absolute atomic E-state index is 0.756. The van der Waals surface area contributed by atoms with Crippen LogP contribution in [-0.2, 0) is 4.74 Å². The molecule has 0 aliphatic heterocycles. The van der Waals surface area contributed by atoms with Crippen LogP contribution in [0.4, 0.5) is 0 Å². The number of allylic oxidation sites excluding steroid dienone is 1. The Bertz CT molecular complexity index is 189. The zero-order valence-corrected chi connectivity index (χ0v) is 10.9. The van der Waals surface area contributed by atoms with Crippen LogP contribution < -0.4 is 0 Å². The van der Waals surface area contributed by atoms with E-state index in [1.165, 1.54) is 18.6 Å². The molecule has 0 aromatic heterocycles. The van der Waals surface area contributed by atoms with Crippen molar-refractivity contribution in [3.05, 3.63) is 10.7 Å². The van der Waals surface area contributed by atoms with Gasteiger partial charge in [-0.15, -0.1) is 0 Å². The van der Waals surface area contributed by atoms with Gasteiger partial charge in [-0.05, 0) is 35.7 Å². The molecule has 0 amide bonds. The summed E-state index contributed by atoms with van der Waals surface area (Å²) in [7, 11) is 1.72. The molecule has 0 atom stereocenters.